The minimum atomic E-state index is -0.412. The summed E-state index contributed by atoms with van der Waals surface area (Å²) in [6.45, 7) is 7.34. The summed E-state index contributed by atoms with van der Waals surface area (Å²) in [5.41, 5.74) is 1.16. The molecule has 3 fully saturated rings. The van der Waals surface area contributed by atoms with Crippen LogP contribution in [0.4, 0.5) is 4.39 Å². The monoisotopic (exact) mass is 387 g/mol. The van der Waals surface area contributed by atoms with Crippen molar-refractivity contribution in [2.75, 3.05) is 19.6 Å². The zero-order chi connectivity index (χ0) is 20.2. The summed E-state index contributed by atoms with van der Waals surface area (Å²) in [5.74, 6) is -0.375. The standard InChI is InChI=1S/C21H26FN3O3/c1-11(2)25-8-13(6-18(25)26)20(27)23-19-16-9-24(10-17(16)19)21(28)15-7-14(22)5-4-12(15)3/h4-5,7,11,13,16-17,19H,6,8-10H2,1-3H3,(H,23,27)/t13?,16-,17+,19?. The predicted octanol–water partition coefficient (Wildman–Crippen LogP) is 1.58. The maximum atomic E-state index is 13.5. The van der Waals surface area contributed by atoms with E-state index < -0.39 is 5.82 Å². The van der Waals surface area contributed by atoms with Gasteiger partial charge in [-0.3, -0.25) is 14.4 Å². The van der Waals surface area contributed by atoms with E-state index in [0.29, 0.717) is 25.2 Å². The summed E-state index contributed by atoms with van der Waals surface area (Å²) in [4.78, 5) is 40.7. The van der Waals surface area contributed by atoms with Gasteiger partial charge in [-0.25, -0.2) is 4.39 Å². The fourth-order valence-corrected chi connectivity index (χ4v) is 4.59. The van der Waals surface area contributed by atoms with Crippen molar-refractivity contribution in [3.05, 3.63) is 35.1 Å². The molecule has 1 aromatic rings. The molecule has 3 aliphatic rings. The first-order valence-corrected chi connectivity index (χ1v) is 9.91. The molecule has 1 aliphatic carbocycles. The first-order chi connectivity index (χ1) is 13.3. The van der Waals surface area contributed by atoms with E-state index in [9.17, 15) is 18.8 Å². The Hall–Kier alpha value is -2.44. The van der Waals surface area contributed by atoms with Gasteiger partial charge < -0.3 is 15.1 Å². The van der Waals surface area contributed by atoms with Crippen LogP contribution in [0.1, 0.15) is 36.2 Å². The number of fused-ring (bicyclic) bond motifs is 1. The van der Waals surface area contributed by atoms with Crippen LogP contribution in [0.15, 0.2) is 18.2 Å². The number of nitrogens with one attached hydrogen (secondary N) is 1. The Morgan fingerprint density at radius 1 is 1.18 bits per heavy atom. The van der Waals surface area contributed by atoms with Gasteiger partial charge in [-0.05, 0) is 38.5 Å². The van der Waals surface area contributed by atoms with E-state index in [1.807, 2.05) is 13.8 Å². The van der Waals surface area contributed by atoms with Crippen LogP contribution < -0.4 is 5.32 Å². The number of aryl methyl sites for hydroxylation is 1. The Morgan fingerprint density at radius 3 is 2.46 bits per heavy atom. The third-order valence-corrected chi connectivity index (χ3v) is 6.37. The van der Waals surface area contributed by atoms with Gasteiger partial charge in [0.15, 0.2) is 0 Å². The van der Waals surface area contributed by atoms with E-state index in [4.69, 9.17) is 0 Å². The van der Waals surface area contributed by atoms with Gasteiger partial charge in [-0.1, -0.05) is 6.07 Å². The normalized spacial score (nSPS) is 28.7. The van der Waals surface area contributed by atoms with Crippen molar-refractivity contribution in [3.8, 4) is 0 Å². The van der Waals surface area contributed by atoms with Crippen LogP contribution in [0.2, 0.25) is 0 Å². The van der Waals surface area contributed by atoms with Crippen molar-refractivity contribution < 1.29 is 18.8 Å². The highest BCUT2D eigenvalue weighted by molar-refractivity contribution is 5.96. The Bertz CT molecular complexity index is 828. The molecule has 0 aromatic heterocycles. The van der Waals surface area contributed by atoms with Crippen LogP contribution in [0, 0.1) is 30.5 Å². The highest BCUT2D eigenvalue weighted by atomic mass is 19.1. The van der Waals surface area contributed by atoms with E-state index in [0.717, 1.165) is 5.56 Å². The highest BCUT2D eigenvalue weighted by Crippen LogP contribution is 2.46. The number of rotatable bonds is 4. The molecule has 1 aromatic carbocycles. The lowest BCUT2D eigenvalue weighted by atomic mass is 10.1. The fourth-order valence-electron chi connectivity index (χ4n) is 4.59. The maximum Gasteiger partial charge on any atom is 0.254 e. The number of benzene rings is 1. The summed E-state index contributed by atoms with van der Waals surface area (Å²) in [6.07, 6.45) is 0.273. The summed E-state index contributed by atoms with van der Waals surface area (Å²) < 4.78 is 13.5. The molecule has 2 saturated heterocycles. The third kappa shape index (κ3) is 3.27. The molecule has 0 bridgehead atoms. The number of carbonyl (C=O) groups is 3. The molecular formula is C21H26FN3O3. The minimum absolute atomic E-state index is 0.0355. The van der Waals surface area contributed by atoms with Crippen molar-refractivity contribution in [2.45, 2.75) is 39.3 Å². The number of piperidine rings is 1. The van der Waals surface area contributed by atoms with Gasteiger partial charge in [0.1, 0.15) is 5.82 Å². The minimum Gasteiger partial charge on any atom is -0.352 e. The molecule has 7 heteroatoms. The van der Waals surface area contributed by atoms with Crippen LogP contribution in [0.5, 0.6) is 0 Å². The molecule has 4 atom stereocenters. The second-order valence-corrected chi connectivity index (χ2v) is 8.57. The van der Waals surface area contributed by atoms with Crippen LogP contribution in [0.3, 0.4) is 0 Å². The first kappa shape index (κ1) is 18.9. The predicted molar refractivity (Wildman–Crippen MR) is 101 cm³/mol. The number of carbonyl (C=O) groups excluding carboxylic acids is 3. The van der Waals surface area contributed by atoms with Crippen molar-refractivity contribution >= 4 is 17.7 Å². The van der Waals surface area contributed by atoms with E-state index >= 15 is 0 Å². The second-order valence-electron chi connectivity index (χ2n) is 8.57. The SMILES string of the molecule is Cc1ccc(F)cc1C(=O)N1C[C@@H]2C(NC(=O)C3CC(=O)N(C(C)C)C3)[C@@H]2C1. The Kier molecular flexibility index (Phi) is 4.63. The van der Waals surface area contributed by atoms with Crippen molar-refractivity contribution in [1.82, 2.24) is 15.1 Å². The molecule has 0 spiro atoms. The van der Waals surface area contributed by atoms with E-state index in [-0.39, 0.29) is 54.0 Å². The number of hydrogen-bond acceptors (Lipinski definition) is 3. The smallest absolute Gasteiger partial charge is 0.254 e. The quantitative estimate of drug-likeness (QED) is 0.853. The molecular weight excluding hydrogens is 361 g/mol. The molecule has 1 N–H and O–H groups in total. The number of nitrogens with zero attached hydrogens (tertiary/aromatic N) is 2. The third-order valence-electron chi connectivity index (χ3n) is 6.37. The molecule has 2 aliphatic heterocycles. The summed E-state index contributed by atoms with van der Waals surface area (Å²) in [6, 6.07) is 4.45. The number of amides is 3. The van der Waals surface area contributed by atoms with E-state index in [1.165, 1.54) is 12.1 Å². The van der Waals surface area contributed by atoms with Crippen LogP contribution in [0.25, 0.3) is 0 Å². The van der Waals surface area contributed by atoms with Crippen molar-refractivity contribution in [3.63, 3.8) is 0 Å². The molecule has 150 valence electrons. The van der Waals surface area contributed by atoms with Crippen LogP contribution in [-0.2, 0) is 9.59 Å². The van der Waals surface area contributed by atoms with Gasteiger partial charge >= 0.3 is 0 Å². The molecule has 1 saturated carbocycles. The highest BCUT2D eigenvalue weighted by Gasteiger charge is 2.58. The molecule has 6 nitrogen and oxygen atoms in total. The zero-order valence-electron chi connectivity index (χ0n) is 16.4. The Morgan fingerprint density at radius 2 is 1.86 bits per heavy atom. The van der Waals surface area contributed by atoms with Gasteiger partial charge in [0.05, 0.1) is 5.92 Å². The van der Waals surface area contributed by atoms with Crippen LogP contribution in [-0.4, -0.2) is 59.2 Å². The van der Waals surface area contributed by atoms with E-state index in [1.54, 1.807) is 22.8 Å². The van der Waals surface area contributed by atoms with Crippen molar-refractivity contribution in [1.29, 1.82) is 0 Å². The van der Waals surface area contributed by atoms with Gasteiger partial charge in [0.25, 0.3) is 5.91 Å². The lowest BCUT2D eigenvalue weighted by molar-refractivity contribution is -0.130. The van der Waals surface area contributed by atoms with Gasteiger partial charge in [-0.15, -0.1) is 0 Å². The Labute approximate surface area is 164 Å². The topological polar surface area (TPSA) is 69.7 Å². The lowest BCUT2D eigenvalue weighted by Crippen LogP contribution is -2.40. The molecule has 4 rings (SSSR count). The van der Waals surface area contributed by atoms with E-state index in [2.05, 4.69) is 5.32 Å². The average Bonchev–Trinajstić information content (AvgIpc) is 3.02. The summed E-state index contributed by atoms with van der Waals surface area (Å²) >= 11 is 0. The maximum absolute atomic E-state index is 13.5. The molecule has 0 radical (unpaired) electrons. The van der Waals surface area contributed by atoms with Gasteiger partial charge in [-0.2, -0.15) is 0 Å². The van der Waals surface area contributed by atoms with Crippen molar-refractivity contribution in [2.24, 2.45) is 17.8 Å². The lowest BCUT2D eigenvalue weighted by Gasteiger charge is -2.22. The largest absolute Gasteiger partial charge is 0.352 e. The molecule has 3 amide bonds. The average molecular weight is 387 g/mol. The van der Waals surface area contributed by atoms with Crippen LogP contribution >= 0.6 is 0 Å². The fraction of sp³-hybridized carbons (Fsp3) is 0.571. The summed E-state index contributed by atoms with van der Waals surface area (Å²) in [5, 5.41) is 3.08. The Balaban J connectivity index is 1.31. The van der Waals surface area contributed by atoms with Gasteiger partial charge in [0, 0.05) is 55.5 Å². The second kappa shape index (κ2) is 6.87. The zero-order valence-corrected chi connectivity index (χ0v) is 16.4. The molecule has 28 heavy (non-hydrogen) atoms. The number of halogens is 1. The molecule has 2 heterocycles. The number of hydrogen-bond donors (Lipinski definition) is 1. The first-order valence-electron chi connectivity index (χ1n) is 9.91. The summed E-state index contributed by atoms with van der Waals surface area (Å²) in [7, 11) is 0. The molecule has 2 unspecified atom stereocenters. The number of likely N-dealkylation sites (tertiary alicyclic amines) is 2. The van der Waals surface area contributed by atoms with Gasteiger partial charge in [0.2, 0.25) is 11.8 Å².